The first-order chi connectivity index (χ1) is 21.5. The summed E-state index contributed by atoms with van der Waals surface area (Å²) < 4.78 is 16.3. The van der Waals surface area contributed by atoms with E-state index in [0.717, 1.165) is 60.7 Å². The molecule has 234 valence electrons. The molecule has 3 aliphatic heterocycles. The van der Waals surface area contributed by atoms with Gasteiger partial charge in [-0.1, -0.05) is 39.8 Å². The van der Waals surface area contributed by atoms with Crippen LogP contribution in [0.25, 0.3) is 43.6 Å². The summed E-state index contributed by atoms with van der Waals surface area (Å²) in [5.41, 5.74) is 4.10. The molecule has 0 aliphatic carbocycles. The van der Waals surface area contributed by atoms with Crippen molar-refractivity contribution in [2.24, 2.45) is 0 Å². The number of aromatic nitrogens is 2. The van der Waals surface area contributed by atoms with Crippen LogP contribution in [0.4, 0.5) is 0 Å². The number of thioether (sulfide) groups is 2. The lowest BCUT2D eigenvalue weighted by Crippen LogP contribution is -2.56. The normalized spacial score (nSPS) is 23.8. The molecule has 5 aromatic rings. The number of rotatable bonds is 7. The van der Waals surface area contributed by atoms with Crippen LogP contribution in [0.2, 0.25) is 0 Å². The van der Waals surface area contributed by atoms with E-state index in [2.05, 4.69) is 74.0 Å². The van der Waals surface area contributed by atoms with Gasteiger partial charge in [-0.05, 0) is 58.4 Å². The smallest absolute Gasteiger partial charge is 0.343 e. The highest BCUT2D eigenvalue weighted by Gasteiger charge is 2.65. The molecule has 3 atom stereocenters. The first-order valence-corrected chi connectivity index (χ1v) is 17.7. The number of carbonyl (C=O) groups excluding carboxylic acids is 2. The lowest BCUT2D eigenvalue weighted by Gasteiger charge is -2.37. The predicted octanol–water partition coefficient (Wildman–Crippen LogP) is 6.94. The summed E-state index contributed by atoms with van der Waals surface area (Å²) >= 11 is 3.75. The van der Waals surface area contributed by atoms with Crippen molar-refractivity contribution < 1.29 is 24.2 Å². The number of nitrogens with one attached hydrogen (secondary N) is 1. The maximum atomic E-state index is 13.8. The molecule has 2 bridgehead atoms. The minimum absolute atomic E-state index is 0.00695. The topological polar surface area (TPSA) is 94.7 Å². The Labute approximate surface area is 269 Å². The van der Waals surface area contributed by atoms with Gasteiger partial charge in [-0.25, -0.2) is 4.79 Å². The molecule has 0 saturated carbocycles. The number of hydrogen-bond donors (Lipinski definition) is 2. The highest BCUT2D eigenvalue weighted by Crippen LogP contribution is 2.58. The fourth-order valence-electron chi connectivity index (χ4n) is 7.79. The zero-order valence-corrected chi connectivity index (χ0v) is 27.9. The van der Waals surface area contributed by atoms with Crippen molar-refractivity contribution in [3.63, 3.8) is 0 Å². The molecule has 3 aliphatic rings. The first kappa shape index (κ1) is 29.2. The van der Waals surface area contributed by atoms with Gasteiger partial charge in [0.15, 0.2) is 5.72 Å². The molecule has 8 rings (SSSR count). The zero-order chi connectivity index (χ0) is 31.6. The predicted molar refractivity (Wildman–Crippen MR) is 182 cm³/mol. The van der Waals surface area contributed by atoms with E-state index in [0.29, 0.717) is 22.6 Å². The SMILES string of the molecule is COC(=O)[C@@]1(O)C[C@H]2O[C@@]1(C)n1c3ccc(CSC(C)C)cc3c3c4c(c5c6cc(CSC(C)C)ccc6n2c5c31)C(=O)NC4. The van der Waals surface area contributed by atoms with Crippen LogP contribution in [-0.2, 0) is 38.0 Å². The summed E-state index contributed by atoms with van der Waals surface area (Å²) in [5, 5.41) is 20.3. The van der Waals surface area contributed by atoms with Crippen LogP contribution in [0.3, 0.4) is 0 Å². The Morgan fingerprint density at radius 2 is 1.64 bits per heavy atom. The van der Waals surface area contributed by atoms with Crippen LogP contribution in [-0.4, -0.2) is 49.3 Å². The third-order valence-electron chi connectivity index (χ3n) is 9.84. The molecular formula is C35H37N3O5S2. The first-order valence-electron chi connectivity index (χ1n) is 15.6. The van der Waals surface area contributed by atoms with Gasteiger partial charge in [-0.2, -0.15) is 23.5 Å². The summed E-state index contributed by atoms with van der Waals surface area (Å²) in [6.45, 7) is 11.0. The molecule has 1 fully saturated rings. The Morgan fingerprint density at radius 1 is 1.02 bits per heavy atom. The number of methoxy groups -OCH3 is 1. The summed E-state index contributed by atoms with van der Waals surface area (Å²) in [5.74, 6) is 0.901. The molecule has 5 heterocycles. The summed E-state index contributed by atoms with van der Waals surface area (Å²) in [4.78, 5) is 27.3. The fourth-order valence-corrected chi connectivity index (χ4v) is 9.20. The molecule has 2 N–H and O–H groups in total. The zero-order valence-electron chi connectivity index (χ0n) is 26.3. The Kier molecular flexibility index (Phi) is 6.44. The van der Waals surface area contributed by atoms with Gasteiger partial charge in [0, 0.05) is 46.0 Å². The Morgan fingerprint density at radius 3 is 2.27 bits per heavy atom. The van der Waals surface area contributed by atoms with Gasteiger partial charge in [-0.3, -0.25) is 4.79 Å². The summed E-state index contributed by atoms with van der Waals surface area (Å²) in [7, 11) is 1.31. The van der Waals surface area contributed by atoms with Gasteiger partial charge in [0.25, 0.3) is 5.91 Å². The minimum atomic E-state index is -1.96. The Bertz CT molecular complexity index is 2110. The van der Waals surface area contributed by atoms with Gasteiger partial charge in [0.1, 0.15) is 6.23 Å². The molecule has 2 aromatic heterocycles. The lowest BCUT2D eigenvalue weighted by molar-refractivity contribution is -0.202. The second-order valence-corrected chi connectivity index (χ2v) is 16.4. The average molecular weight is 644 g/mol. The van der Waals surface area contributed by atoms with E-state index in [9.17, 15) is 14.7 Å². The van der Waals surface area contributed by atoms with E-state index in [1.165, 1.54) is 18.2 Å². The largest absolute Gasteiger partial charge is 0.467 e. The molecule has 0 spiro atoms. The quantitative estimate of drug-likeness (QED) is 0.186. The standard InChI is InChI=1S/C35H37N3O5S2/c1-17(2)44-15-19-7-9-24-21(11-19)28-29-23(14-36-32(29)39)27-22-12-20(16-45-18(3)4)8-10-25(22)38-31(27)30(28)37(24)26-13-35(41,33(40)42-6)34(38,5)43-26/h7-12,17-18,26,41H,13-16H2,1-6H3,(H,36,39)/t26-,34-,35+/m1/s1. The Hall–Kier alpha value is -3.18. The van der Waals surface area contributed by atoms with Crippen molar-refractivity contribution in [1.82, 2.24) is 14.5 Å². The number of fused-ring (bicyclic) bond motifs is 13. The minimum Gasteiger partial charge on any atom is -0.467 e. The number of aliphatic hydroxyl groups is 1. The number of esters is 1. The number of carbonyl (C=O) groups is 2. The highest BCUT2D eigenvalue weighted by atomic mass is 32.2. The van der Waals surface area contributed by atoms with Crippen LogP contribution in [0.5, 0.6) is 0 Å². The van der Waals surface area contributed by atoms with Gasteiger partial charge in [0.05, 0.1) is 34.7 Å². The number of ether oxygens (including phenoxy) is 2. The molecule has 3 aromatic carbocycles. The highest BCUT2D eigenvalue weighted by molar-refractivity contribution is 7.99. The second kappa shape index (κ2) is 9.91. The summed E-state index contributed by atoms with van der Waals surface area (Å²) in [6, 6.07) is 12.9. The van der Waals surface area contributed by atoms with Gasteiger partial charge in [0.2, 0.25) is 5.60 Å². The molecule has 0 unspecified atom stereocenters. The molecule has 1 saturated heterocycles. The molecule has 45 heavy (non-hydrogen) atoms. The van der Waals surface area contributed by atoms with Crippen LogP contribution < -0.4 is 5.32 Å². The maximum absolute atomic E-state index is 13.8. The van der Waals surface area contributed by atoms with E-state index in [4.69, 9.17) is 9.47 Å². The monoisotopic (exact) mass is 643 g/mol. The van der Waals surface area contributed by atoms with Gasteiger partial charge >= 0.3 is 5.97 Å². The van der Waals surface area contributed by atoms with Crippen LogP contribution in [0, 0.1) is 0 Å². The van der Waals surface area contributed by atoms with Crippen molar-refractivity contribution in [2.75, 3.05) is 7.11 Å². The van der Waals surface area contributed by atoms with E-state index >= 15 is 0 Å². The van der Waals surface area contributed by atoms with Crippen LogP contribution >= 0.6 is 23.5 Å². The van der Waals surface area contributed by atoms with Crippen LogP contribution in [0.1, 0.15) is 74.3 Å². The molecule has 1 amide bonds. The van der Waals surface area contributed by atoms with E-state index in [1.807, 2.05) is 28.1 Å². The third kappa shape index (κ3) is 3.82. The van der Waals surface area contributed by atoms with Crippen molar-refractivity contribution in [3.8, 4) is 0 Å². The van der Waals surface area contributed by atoms with Crippen molar-refractivity contribution in [3.05, 3.63) is 58.7 Å². The number of hydrogen-bond acceptors (Lipinski definition) is 7. The lowest BCUT2D eigenvalue weighted by atomic mass is 9.88. The molecule has 8 nitrogen and oxygen atoms in total. The number of benzene rings is 3. The summed E-state index contributed by atoms with van der Waals surface area (Å²) in [6.07, 6.45) is -0.662. The van der Waals surface area contributed by atoms with Crippen molar-refractivity contribution in [2.45, 2.75) is 87.1 Å². The van der Waals surface area contributed by atoms with Crippen molar-refractivity contribution >= 4 is 79.0 Å². The molecule has 10 heteroatoms. The van der Waals surface area contributed by atoms with Gasteiger partial charge in [-0.15, -0.1) is 0 Å². The maximum Gasteiger partial charge on any atom is 0.343 e. The van der Waals surface area contributed by atoms with Gasteiger partial charge < -0.3 is 29.0 Å². The van der Waals surface area contributed by atoms with Crippen molar-refractivity contribution in [1.29, 1.82) is 0 Å². The number of amides is 1. The molecule has 0 radical (unpaired) electrons. The molecular weight excluding hydrogens is 607 g/mol. The third-order valence-corrected chi connectivity index (χ3v) is 12.2. The fraction of sp³-hybridized carbons (Fsp3) is 0.429. The van der Waals surface area contributed by atoms with E-state index in [-0.39, 0.29) is 12.3 Å². The van der Waals surface area contributed by atoms with Crippen LogP contribution in [0.15, 0.2) is 36.4 Å². The number of nitrogens with zero attached hydrogens (tertiary/aromatic N) is 2. The second-order valence-electron chi connectivity index (χ2n) is 13.2. The Balaban J connectivity index is 1.56. The van der Waals surface area contributed by atoms with E-state index < -0.39 is 23.5 Å². The average Bonchev–Trinajstić information content (AvgIpc) is 3.70. The van der Waals surface area contributed by atoms with E-state index in [1.54, 1.807) is 6.92 Å².